The van der Waals surface area contributed by atoms with Gasteiger partial charge in [-0.1, -0.05) is 11.2 Å². The minimum atomic E-state index is -0.464. The zero-order chi connectivity index (χ0) is 18.8. The van der Waals surface area contributed by atoms with Crippen LogP contribution in [0, 0.1) is 5.82 Å². The fourth-order valence-corrected chi connectivity index (χ4v) is 2.85. The van der Waals surface area contributed by atoms with Gasteiger partial charge >= 0.3 is 0 Å². The highest BCUT2D eigenvalue weighted by Gasteiger charge is 2.17. The van der Waals surface area contributed by atoms with Crippen molar-refractivity contribution in [2.45, 2.75) is 13.0 Å². The molecule has 8 heteroatoms. The third kappa shape index (κ3) is 3.52. The van der Waals surface area contributed by atoms with Gasteiger partial charge in [0.15, 0.2) is 11.6 Å². The molecular formula is C19H16FN3O4. The van der Waals surface area contributed by atoms with Crippen LogP contribution in [0.5, 0.6) is 5.75 Å². The Bertz CT molecular complexity index is 1070. The SMILES string of the molecule is COc1ccc(/C=C/c2nc(-c3cc4c([nH]c3=O)CCOC4)no2)cc1F. The largest absolute Gasteiger partial charge is 0.494 e. The molecule has 0 saturated carbocycles. The van der Waals surface area contributed by atoms with Gasteiger partial charge in [0.05, 0.1) is 25.9 Å². The molecule has 1 aliphatic rings. The van der Waals surface area contributed by atoms with E-state index >= 15 is 0 Å². The lowest BCUT2D eigenvalue weighted by Gasteiger charge is -2.15. The highest BCUT2D eigenvalue weighted by Crippen LogP contribution is 2.21. The first-order chi connectivity index (χ1) is 13.1. The molecule has 7 nitrogen and oxygen atoms in total. The van der Waals surface area contributed by atoms with E-state index < -0.39 is 5.82 Å². The monoisotopic (exact) mass is 369 g/mol. The van der Waals surface area contributed by atoms with Gasteiger partial charge in [0, 0.05) is 18.2 Å². The summed E-state index contributed by atoms with van der Waals surface area (Å²) >= 11 is 0. The second kappa shape index (κ2) is 7.16. The van der Waals surface area contributed by atoms with Crippen LogP contribution in [0.1, 0.15) is 22.7 Å². The van der Waals surface area contributed by atoms with Gasteiger partial charge in [-0.3, -0.25) is 4.79 Å². The summed E-state index contributed by atoms with van der Waals surface area (Å²) in [5.41, 5.74) is 2.44. The molecule has 1 aliphatic heterocycles. The van der Waals surface area contributed by atoms with Gasteiger partial charge in [0.2, 0.25) is 5.82 Å². The van der Waals surface area contributed by atoms with E-state index in [2.05, 4.69) is 15.1 Å². The summed E-state index contributed by atoms with van der Waals surface area (Å²) in [6, 6.07) is 6.29. The Hall–Kier alpha value is -3.26. The summed E-state index contributed by atoms with van der Waals surface area (Å²) in [6.07, 6.45) is 3.85. The van der Waals surface area contributed by atoms with Crippen molar-refractivity contribution in [3.63, 3.8) is 0 Å². The number of nitrogens with zero attached hydrogens (tertiary/aromatic N) is 2. The van der Waals surface area contributed by atoms with Gasteiger partial charge < -0.3 is 19.0 Å². The predicted octanol–water partition coefficient (Wildman–Crippen LogP) is 2.82. The Morgan fingerprint density at radius 1 is 1.30 bits per heavy atom. The highest BCUT2D eigenvalue weighted by atomic mass is 19.1. The first-order valence-corrected chi connectivity index (χ1v) is 8.32. The van der Waals surface area contributed by atoms with Crippen molar-refractivity contribution in [3.05, 3.63) is 63.1 Å². The number of halogens is 1. The number of nitrogens with one attached hydrogen (secondary N) is 1. The highest BCUT2D eigenvalue weighted by molar-refractivity contribution is 5.67. The number of methoxy groups -OCH3 is 1. The van der Waals surface area contributed by atoms with E-state index in [9.17, 15) is 9.18 Å². The van der Waals surface area contributed by atoms with Crippen molar-refractivity contribution in [1.29, 1.82) is 0 Å². The van der Waals surface area contributed by atoms with Crippen LogP contribution >= 0.6 is 0 Å². The van der Waals surface area contributed by atoms with E-state index in [0.717, 1.165) is 11.3 Å². The molecule has 0 aliphatic carbocycles. The van der Waals surface area contributed by atoms with Crippen molar-refractivity contribution in [1.82, 2.24) is 15.1 Å². The molecule has 1 N–H and O–H groups in total. The van der Waals surface area contributed by atoms with Gasteiger partial charge in [-0.15, -0.1) is 0 Å². The molecule has 3 heterocycles. The second-order valence-electron chi connectivity index (χ2n) is 6.00. The minimum absolute atomic E-state index is 0.169. The molecule has 1 aromatic carbocycles. The van der Waals surface area contributed by atoms with Gasteiger partial charge in [-0.2, -0.15) is 4.98 Å². The summed E-state index contributed by atoms with van der Waals surface area (Å²) < 4.78 is 29.2. The summed E-state index contributed by atoms with van der Waals surface area (Å²) in [4.78, 5) is 19.4. The number of rotatable bonds is 4. The lowest BCUT2D eigenvalue weighted by atomic mass is 10.1. The Morgan fingerprint density at radius 2 is 2.19 bits per heavy atom. The first-order valence-electron chi connectivity index (χ1n) is 8.32. The molecule has 0 atom stereocenters. The molecule has 0 spiro atoms. The van der Waals surface area contributed by atoms with Gasteiger partial charge in [-0.25, -0.2) is 4.39 Å². The number of aromatic amines is 1. The summed E-state index contributed by atoms with van der Waals surface area (Å²) in [6.45, 7) is 1.03. The number of ether oxygens (including phenoxy) is 2. The maximum absolute atomic E-state index is 13.7. The normalized spacial score (nSPS) is 13.7. The molecule has 27 heavy (non-hydrogen) atoms. The first kappa shape index (κ1) is 17.2. The minimum Gasteiger partial charge on any atom is -0.494 e. The molecule has 0 bridgehead atoms. The van der Waals surface area contributed by atoms with Crippen molar-refractivity contribution in [2.75, 3.05) is 13.7 Å². The molecule has 0 amide bonds. The fourth-order valence-electron chi connectivity index (χ4n) is 2.85. The summed E-state index contributed by atoms with van der Waals surface area (Å²) in [7, 11) is 1.41. The van der Waals surface area contributed by atoms with E-state index in [0.29, 0.717) is 30.8 Å². The molecule has 0 unspecified atom stereocenters. The fraction of sp³-hybridized carbons (Fsp3) is 0.211. The van der Waals surface area contributed by atoms with Crippen molar-refractivity contribution >= 4 is 12.2 Å². The quantitative estimate of drug-likeness (QED) is 0.761. The Labute approximate surface area is 153 Å². The molecular weight excluding hydrogens is 353 g/mol. The lowest BCUT2D eigenvalue weighted by Crippen LogP contribution is -2.19. The predicted molar refractivity (Wildman–Crippen MR) is 95.6 cm³/mol. The number of pyridine rings is 1. The van der Waals surface area contributed by atoms with Gasteiger partial charge in [0.1, 0.15) is 0 Å². The lowest BCUT2D eigenvalue weighted by molar-refractivity contribution is 0.109. The van der Waals surface area contributed by atoms with Crippen LogP contribution in [0.3, 0.4) is 0 Å². The number of fused-ring (bicyclic) bond motifs is 1. The van der Waals surface area contributed by atoms with Crippen LogP contribution < -0.4 is 10.3 Å². The van der Waals surface area contributed by atoms with E-state index in [4.69, 9.17) is 14.0 Å². The maximum Gasteiger partial charge on any atom is 0.259 e. The molecule has 0 saturated heterocycles. The van der Waals surface area contributed by atoms with Crippen molar-refractivity contribution < 1.29 is 18.4 Å². The molecule has 4 rings (SSSR count). The topological polar surface area (TPSA) is 90.2 Å². The van der Waals surface area contributed by atoms with Crippen LogP contribution in [-0.4, -0.2) is 28.8 Å². The average molecular weight is 369 g/mol. The Kier molecular flexibility index (Phi) is 4.55. The molecule has 2 aromatic heterocycles. The maximum atomic E-state index is 13.7. The molecule has 138 valence electrons. The third-order valence-corrected chi connectivity index (χ3v) is 4.25. The molecule has 3 aromatic rings. The van der Waals surface area contributed by atoms with Crippen molar-refractivity contribution in [3.8, 4) is 17.1 Å². The van der Waals surface area contributed by atoms with Gasteiger partial charge in [-0.05, 0) is 35.4 Å². The van der Waals surface area contributed by atoms with Crippen LogP contribution in [-0.2, 0) is 17.8 Å². The van der Waals surface area contributed by atoms with Crippen LogP contribution in [0.15, 0.2) is 33.6 Å². The Morgan fingerprint density at radius 3 is 3.00 bits per heavy atom. The van der Waals surface area contributed by atoms with E-state index in [1.165, 1.54) is 19.2 Å². The summed E-state index contributed by atoms with van der Waals surface area (Å²) in [5.74, 6) is 0.0938. The van der Waals surface area contributed by atoms with E-state index in [-0.39, 0.29) is 23.0 Å². The van der Waals surface area contributed by atoms with Gasteiger partial charge in [0.25, 0.3) is 11.4 Å². The average Bonchev–Trinajstić information content (AvgIpc) is 3.14. The van der Waals surface area contributed by atoms with Crippen LogP contribution in [0.2, 0.25) is 0 Å². The number of hydrogen-bond acceptors (Lipinski definition) is 6. The number of benzene rings is 1. The molecule has 0 radical (unpaired) electrons. The number of hydrogen-bond donors (Lipinski definition) is 1. The van der Waals surface area contributed by atoms with Crippen LogP contribution in [0.25, 0.3) is 23.5 Å². The second-order valence-corrected chi connectivity index (χ2v) is 6.00. The van der Waals surface area contributed by atoms with Crippen molar-refractivity contribution in [2.24, 2.45) is 0 Å². The smallest absolute Gasteiger partial charge is 0.259 e. The number of H-pyrrole nitrogens is 1. The summed E-state index contributed by atoms with van der Waals surface area (Å²) in [5, 5.41) is 3.86. The van der Waals surface area contributed by atoms with E-state index in [1.54, 1.807) is 24.3 Å². The molecule has 0 fully saturated rings. The Balaban J connectivity index is 1.59. The zero-order valence-corrected chi connectivity index (χ0v) is 14.5. The third-order valence-electron chi connectivity index (χ3n) is 4.25. The van der Waals surface area contributed by atoms with E-state index in [1.807, 2.05) is 0 Å². The number of aromatic nitrogens is 3. The standard InChI is InChI=1S/C19H16FN3O4/c1-25-16-4-2-11(8-14(16)20)3-5-17-22-18(23-27-17)13-9-12-10-26-7-6-15(12)21-19(13)24/h2-5,8-9H,6-7,10H2,1H3,(H,21,24)/b5-3+. The zero-order valence-electron chi connectivity index (χ0n) is 14.5. The van der Waals surface area contributed by atoms with Crippen LogP contribution in [0.4, 0.5) is 4.39 Å².